The van der Waals surface area contributed by atoms with Crippen LogP contribution in [0.3, 0.4) is 0 Å². The Bertz CT molecular complexity index is 567. The van der Waals surface area contributed by atoms with Crippen LogP contribution in [-0.2, 0) is 0 Å². The predicted octanol–water partition coefficient (Wildman–Crippen LogP) is -0.0780. The standard InChI is InChI=1S/C8H6N2O3/c11-4-1-2-5-6(3-4)8(13)10-9-7(5)12/h1-3,11H,(H,9,12)(H,10,13). The molecule has 3 N–H and O–H groups in total. The van der Waals surface area contributed by atoms with Crippen molar-refractivity contribution in [1.29, 1.82) is 0 Å². The first-order chi connectivity index (χ1) is 6.18. The quantitative estimate of drug-likeness (QED) is 0.527. The summed E-state index contributed by atoms with van der Waals surface area (Å²) in [5.74, 6) is -0.0383. The van der Waals surface area contributed by atoms with E-state index >= 15 is 0 Å². The third-order valence-electron chi connectivity index (χ3n) is 1.78. The van der Waals surface area contributed by atoms with E-state index < -0.39 is 5.56 Å². The summed E-state index contributed by atoms with van der Waals surface area (Å²) in [6.45, 7) is 0. The van der Waals surface area contributed by atoms with Crippen LogP contribution in [0.5, 0.6) is 5.75 Å². The third kappa shape index (κ3) is 1.10. The van der Waals surface area contributed by atoms with Gasteiger partial charge < -0.3 is 5.11 Å². The molecule has 0 fully saturated rings. The average molecular weight is 178 g/mol. The van der Waals surface area contributed by atoms with E-state index in [1.54, 1.807) is 0 Å². The Hall–Kier alpha value is -2.04. The molecule has 0 aliphatic heterocycles. The van der Waals surface area contributed by atoms with E-state index in [0.29, 0.717) is 0 Å². The van der Waals surface area contributed by atoms with Crippen molar-refractivity contribution in [3.63, 3.8) is 0 Å². The molecule has 0 aliphatic carbocycles. The largest absolute Gasteiger partial charge is 0.508 e. The number of benzene rings is 1. The molecule has 5 heteroatoms. The smallest absolute Gasteiger partial charge is 0.270 e. The maximum absolute atomic E-state index is 11.1. The topological polar surface area (TPSA) is 86.0 Å². The number of aromatic amines is 2. The summed E-state index contributed by atoms with van der Waals surface area (Å²) in [6, 6.07) is 4.01. The molecule has 1 aromatic carbocycles. The van der Waals surface area contributed by atoms with E-state index in [-0.39, 0.29) is 22.1 Å². The van der Waals surface area contributed by atoms with E-state index in [2.05, 4.69) is 10.2 Å². The van der Waals surface area contributed by atoms with Gasteiger partial charge in [0.05, 0.1) is 10.8 Å². The highest BCUT2D eigenvalue weighted by Crippen LogP contribution is 2.12. The van der Waals surface area contributed by atoms with Crippen LogP contribution >= 0.6 is 0 Å². The van der Waals surface area contributed by atoms with Crippen molar-refractivity contribution >= 4 is 10.8 Å². The lowest BCUT2D eigenvalue weighted by atomic mass is 10.2. The normalized spacial score (nSPS) is 10.5. The number of phenolic OH excluding ortho intramolecular Hbond substituents is 1. The Morgan fingerprint density at radius 2 is 1.62 bits per heavy atom. The lowest BCUT2D eigenvalue weighted by Crippen LogP contribution is -2.18. The third-order valence-corrected chi connectivity index (χ3v) is 1.78. The minimum Gasteiger partial charge on any atom is -0.508 e. The molecule has 2 aromatic rings. The van der Waals surface area contributed by atoms with E-state index in [1.165, 1.54) is 18.2 Å². The van der Waals surface area contributed by atoms with E-state index in [9.17, 15) is 9.59 Å². The molecule has 2 rings (SSSR count). The Morgan fingerprint density at radius 1 is 1.00 bits per heavy atom. The van der Waals surface area contributed by atoms with Gasteiger partial charge in [-0.25, -0.2) is 0 Å². The summed E-state index contributed by atoms with van der Waals surface area (Å²) < 4.78 is 0. The van der Waals surface area contributed by atoms with Gasteiger partial charge in [0.15, 0.2) is 0 Å². The molecule has 0 amide bonds. The number of aromatic hydroxyl groups is 1. The number of H-pyrrole nitrogens is 2. The molecule has 0 saturated carbocycles. The zero-order valence-electron chi connectivity index (χ0n) is 6.50. The number of rotatable bonds is 0. The van der Waals surface area contributed by atoms with Crippen molar-refractivity contribution in [3.05, 3.63) is 38.9 Å². The van der Waals surface area contributed by atoms with E-state index in [4.69, 9.17) is 5.11 Å². The van der Waals surface area contributed by atoms with Crippen molar-refractivity contribution in [2.75, 3.05) is 0 Å². The molecule has 5 nitrogen and oxygen atoms in total. The van der Waals surface area contributed by atoms with Crippen molar-refractivity contribution in [3.8, 4) is 5.75 Å². The molecule has 13 heavy (non-hydrogen) atoms. The van der Waals surface area contributed by atoms with Gasteiger partial charge in [-0.05, 0) is 18.2 Å². The molecule has 0 atom stereocenters. The zero-order chi connectivity index (χ0) is 9.42. The number of hydrogen-bond acceptors (Lipinski definition) is 3. The maximum Gasteiger partial charge on any atom is 0.270 e. The second-order valence-corrected chi connectivity index (χ2v) is 2.64. The van der Waals surface area contributed by atoms with Gasteiger partial charge in [-0.3, -0.25) is 19.8 Å². The molecule has 0 aliphatic rings. The maximum atomic E-state index is 11.1. The summed E-state index contributed by atoms with van der Waals surface area (Å²) in [4.78, 5) is 22.3. The number of phenols is 1. The second kappa shape index (κ2) is 2.48. The van der Waals surface area contributed by atoms with Gasteiger partial charge in [-0.1, -0.05) is 0 Å². The molecule has 1 aromatic heterocycles. The first-order valence-electron chi connectivity index (χ1n) is 3.62. The van der Waals surface area contributed by atoms with Crippen molar-refractivity contribution in [2.45, 2.75) is 0 Å². The van der Waals surface area contributed by atoms with Gasteiger partial charge in [-0.15, -0.1) is 0 Å². The Morgan fingerprint density at radius 3 is 2.31 bits per heavy atom. The van der Waals surface area contributed by atoms with Gasteiger partial charge in [0, 0.05) is 0 Å². The summed E-state index contributed by atoms with van der Waals surface area (Å²) in [5.41, 5.74) is -0.805. The van der Waals surface area contributed by atoms with Gasteiger partial charge in [0.25, 0.3) is 11.1 Å². The molecule has 1 heterocycles. The minimum atomic E-state index is -0.425. The summed E-state index contributed by atoms with van der Waals surface area (Å²) in [5, 5.41) is 13.9. The number of nitrogens with one attached hydrogen (secondary N) is 2. The summed E-state index contributed by atoms with van der Waals surface area (Å²) in [7, 11) is 0. The summed E-state index contributed by atoms with van der Waals surface area (Å²) >= 11 is 0. The molecular weight excluding hydrogens is 172 g/mol. The van der Waals surface area contributed by atoms with Crippen molar-refractivity contribution in [2.24, 2.45) is 0 Å². The fourth-order valence-electron chi connectivity index (χ4n) is 1.17. The van der Waals surface area contributed by atoms with Crippen LogP contribution < -0.4 is 11.1 Å². The number of hydrogen-bond donors (Lipinski definition) is 3. The predicted molar refractivity (Wildman–Crippen MR) is 46.9 cm³/mol. The second-order valence-electron chi connectivity index (χ2n) is 2.64. The molecule has 0 spiro atoms. The SMILES string of the molecule is O=c1[nH][nH]c(=O)c2cc(O)ccc12. The lowest BCUT2D eigenvalue weighted by molar-refractivity contribution is 0.476. The molecule has 0 unspecified atom stereocenters. The lowest BCUT2D eigenvalue weighted by Gasteiger charge is -1.95. The minimum absolute atomic E-state index is 0.0383. The molecule has 0 radical (unpaired) electrons. The zero-order valence-corrected chi connectivity index (χ0v) is 6.50. The van der Waals surface area contributed by atoms with Crippen molar-refractivity contribution < 1.29 is 5.11 Å². The highest BCUT2D eigenvalue weighted by molar-refractivity contribution is 5.81. The fourth-order valence-corrected chi connectivity index (χ4v) is 1.17. The fraction of sp³-hybridized carbons (Fsp3) is 0. The molecule has 0 saturated heterocycles. The first kappa shape index (κ1) is 7.60. The highest BCUT2D eigenvalue weighted by atomic mass is 16.3. The molecule has 0 bridgehead atoms. The highest BCUT2D eigenvalue weighted by Gasteiger charge is 2.02. The van der Waals surface area contributed by atoms with Crippen LogP contribution in [0.25, 0.3) is 10.8 Å². The van der Waals surface area contributed by atoms with Gasteiger partial charge in [-0.2, -0.15) is 0 Å². The number of fused-ring (bicyclic) bond motifs is 1. The average Bonchev–Trinajstić information content (AvgIpc) is 2.12. The van der Waals surface area contributed by atoms with E-state index in [0.717, 1.165) is 0 Å². The monoisotopic (exact) mass is 178 g/mol. The summed E-state index contributed by atoms with van der Waals surface area (Å²) in [6.07, 6.45) is 0. The Kier molecular flexibility index (Phi) is 1.45. The number of aromatic nitrogens is 2. The van der Waals surface area contributed by atoms with Crippen LogP contribution in [0.15, 0.2) is 27.8 Å². The van der Waals surface area contributed by atoms with Gasteiger partial charge >= 0.3 is 0 Å². The Balaban J connectivity index is 3.10. The van der Waals surface area contributed by atoms with Crippen LogP contribution in [0.4, 0.5) is 0 Å². The van der Waals surface area contributed by atoms with E-state index in [1.807, 2.05) is 0 Å². The van der Waals surface area contributed by atoms with Crippen LogP contribution in [0.2, 0.25) is 0 Å². The van der Waals surface area contributed by atoms with Crippen LogP contribution in [0, 0.1) is 0 Å². The first-order valence-corrected chi connectivity index (χ1v) is 3.62. The molecule has 66 valence electrons. The Labute approximate surface area is 71.6 Å². The van der Waals surface area contributed by atoms with Crippen LogP contribution in [-0.4, -0.2) is 15.3 Å². The van der Waals surface area contributed by atoms with Crippen LogP contribution in [0.1, 0.15) is 0 Å². The van der Waals surface area contributed by atoms with Gasteiger partial charge in [0.1, 0.15) is 5.75 Å². The van der Waals surface area contributed by atoms with Gasteiger partial charge in [0.2, 0.25) is 0 Å². The van der Waals surface area contributed by atoms with Crippen molar-refractivity contribution in [1.82, 2.24) is 10.2 Å². The molecular formula is C8H6N2O3.